The standard InChI is InChI=1S/C16H23ClN2O3/c1-5-11(3)16(4,22)9-18-14(20)15(21)19-13-7-6-12(17)8-10(13)2/h6-8,11,22H,5,9H2,1-4H3,(H,18,20)(H,19,21)/t11-,16-/m0/s1. The van der Waals surface area contributed by atoms with Crippen LogP contribution in [0.3, 0.4) is 0 Å². The fourth-order valence-electron chi connectivity index (χ4n) is 1.90. The predicted octanol–water partition coefficient (Wildman–Crippen LogP) is 2.50. The van der Waals surface area contributed by atoms with E-state index in [0.29, 0.717) is 10.7 Å². The van der Waals surface area contributed by atoms with Gasteiger partial charge in [0.25, 0.3) is 0 Å². The molecule has 6 heteroatoms. The second-order valence-electron chi connectivity index (χ2n) is 5.76. The lowest BCUT2D eigenvalue weighted by Gasteiger charge is -2.29. The maximum absolute atomic E-state index is 11.9. The molecule has 0 aliphatic heterocycles. The van der Waals surface area contributed by atoms with Crippen LogP contribution in [-0.2, 0) is 9.59 Å². The number of hydrogen-bond donors (Lipinski definition) is 3. The summed E-state index contributed by atoms with van der Waals surface area (Å²) in [5, 5.41) is 15.8. The molecule has 0 unspecified atom stereocenters. The van der Waals surface area contributed by atoms with E-state index in [1.54, 1.807) is 32.0 Å². The number of carbonyl (C=O) groups is 2. The molecule has 22 heavy (non-hydrogen) atoms. The van der Waals surface area contributed by atoms with Crippen LogP contribution in [0.15, 0.2) is 18.2 Å². The topological polar surface area (TPSA) is 78.4 Å². The van der Waals surface area contributed by atoms with E-state index < -0.39 is 17.4 Å². The Morgan fingerprint density at radius 2 is 2.00 bits per heavy atom. The zero-order valence-corrected chi connectivity index (χ0v) is 14.1. The zero-order chi connectivity index (χ0) is 16.9. The summed E-state index contributed by atoms with van der Waals surface area (Å²) in [5.74, 6) is -1.54. The van der Waals surface area contributed by atoms with E-state index in [1.165, 1.54) is 0 Å². The van der Waals surface area contributed by atoms with E-state index in [-0.39, 0.29) is 12.5 Å². The lowest BCUT2D eigenvalue weighted by atomic mass is 9.89. The molecule has 0 aliphatic rings. The van der Waals surface area contributed by atoms with E-state index in [0.717, 1.165) is 12.0 Å². The van der Waals surface area contributed by atoms with Gasteiger partial charge in [-0.05, 0) is 43.5 Å². The van der Waals surface area contributed by atoms with Crippen LogP contribution >= 0.6 is 11.6 Å². The molecule has 0 heterocycles. The number of amides is 2. The smallest absolute Gasteiger partial charge is 0.313 e. The molecule has 0 saturated heterocycles. The highest BCUT2D eigenvalue weighted by Gasteiger charge is 2.28. The van der Waals surface area contributed by atoms with E-state index in [1.807, 2.05) is 13.8 Å². The van der Waals surface area contributed by atoms with Crippen molar-refractivity contribution in [3.8, 4) is 0 Å². The first-order valence-electron chi connectivity index (χ1n) is 7.25. The quantitative estimate of drug-likeness (QED) is 0.727. The minimum Gasteiger partial charge on any atom is -0.388 e. The van der Waals surface area contributed by atoms with Gasteiger partial charge in [-0.15, -0.1) is 0 Å². The number of carbonyl (C=O) groups excluding carboxylic acids is 2. The summed E-state index contributed by atoms with van der Waals surface area (Å²) in [6.45, 7) is 7.30. The van der Waals surface area contributed by atoms with Crippen LogP contribution in [0.5, 0.6) is 0 Å². The molecule has 0 aromatic heterocycles. The number of benzene rings is 1. The molecule has 1 aromatic carbocycles. The van der Waals surface area contributed by atoms with Crippen LogP contribution in [0.2, 0.25) is 5.02 Å². The highest BCUT2D eigenvalue weighted by Crippen LogP contribution is 2.20. The van der Waals surface area contributed by atoms with Crippen molar-refractivity contribution in [2.45, 2.75) is 39.7 Å². The Hall–Kier alpha value is -1.59. The Labute approximate surface area is 136 Å². The van der Waals surface area contributed by atoms with Gasteiger partial charge in [-0.1, -0.05) is 31.9 Å². The van der Waals surface area contributed by atoms with E-state index >= 15 is 0 Å². The molecule has 2 amide bonds. The van der Waals surface area contributed by atoms with Crippen LogP contribution in [0.4, 0.5) is 5.69 Å². The largest absolute Gasteiger partial charge is 0.388 e. The average Bonchev–Trinajstić information content (AvgIpc) is 2.46. The van der Waals surface area contributed by atoms with Gasteiger partial charge in [-0.2, -0.15) is 0 Å². The summed E-state index contributed by atoms with van der Waals surface area (Å²) in [7, 11) is 0. The third kappa shape index (κ3) is 5.00. The minimum atomic E-state index is -1.05. The first-order valence-corrected chi connectivity index (χ1v) is 7.63. The number of anilines is 1. The number of aryl methyl sites for hydroxylation is 1. The van der Waals surface area contributed by atoms with Crippen LogP contribution in [-0.4, -0.2) is 29.1 Å². The van der Waals surface area contributed by atoms with Crippen molar-refractivity contribution >= 4 is 29.1 Å². The summed E-state index contributed by atoms with van der Waals surface area (Å²) in [4.78, 5) is 23.7. The van der Waals surface area contributed by atoms with Crippen molar-refractivity contribution in [2.24, 2.45) is 5.92 Å². The normalized spacial score (nSPS) is 14.8. The first kappa shape index (κ1) is 18.5. The molecule has 0 radical (unpaired) electrons. The second-order valence-corrected chi connectivity index (χ2v) is 6.20. The SMILES string of the molecule is CC[C@H](C)[C@@](C)(O)CNC(=O)C(=O)Nc1ccc(Cl)cc1C. The Morgan fingerprint density at radius 3 is 2.55 bits per heavy atom. The molecular formula is C16H23ClN2O3. The van der Waals surface area contributed by atoms with Gasteiger partial charge >= 0.3 is 11.8 Å². The molecule has 122 valence electrons. The van der Waals surface area contributed by atoms with E-state index in [9.17, 15) is 14.7 Å². The van der Waals surface area contributed by atoms with Gasteiger partial charge in [0.15, 0.2) is 0 Å². The van der Waals surface area contributed by atoms with Gasteiger partial charge < -0.3 is 15.7 Å². The van der Waals surface area contributed by atoms with Gasteiger partial charge in [-0.25, -0.2) is 0 Å². The fraction of sp³-hybridized carbons (Fsp3) is 0.500. The van der Waals surface area contributed by atoms with E-state index in [2.05, 4.69) is 10.6 Å². The molecule has 3 N–H and O–H groups in total. The summed E-state index contributed by atoms with van der Waals surface area (Å²) in [5.41, 5.74) is 0.236. The highest BCUT2D eigenvalue weighted by molar-refractivity contribution is 6.39. The van der Waals surface area contributed by atoms with Crippen molar-refractivity contribution < 1.29 is 14.7 Å². The van der Waals surface area contributed by atoms with Crippen LogP contribution in [0, 0.1) is 12.8 Å². The average molecular weight is 327 g/mol. The highest BCUT2D eigenvalue weighted by atomic mass is 35.5. The Bertz CT molecular complexity index is 558. The maximum atomic E-state index is 11.9. The molecule has 1 aromatic rings. The van der Waals surface area contributed by atoms with E-state index in [4.69, 9.17) is 11.6 Å². The molecule has 0 spiro atoms. The first-order chi connectivity index (χ1) is 10.2. The summed E-state index contributed by atoms with van der Waals surface area (Å²) in [6.07, 6.45) is 0.777. The van der Waals surface area contributed by atoms with Gasteiger partial charge in [0.1, 0.15) is 0 Å². The van der Waals surface area contributed by atoms with Gasteiger partial charge in [0.2, 0.25) is 0 Å². The van der Waals surface area contributed by atoms with Crippen LogP contribution < -0.4 is 10.6 Å². The molecule has 5 nitrogen and oxygen atoms in total. The number of rotatable bonds is 5. The van der Waals surface area contributed by atoms with Gasteiger partial charge in [0.05, 0.1) is 5.60 Å². The Morgan fingerprint density at radius 1 is 1.36 bits per heavy atom. The van der Waals surface area contributed by atoms with Gasteiger partial charge in [-0.3, -0.25) is 9.59 Å². The van der Waals surface area contributed by atoms with Crippen molar-refractivity contribution in [3.05, 3.63) is 28.8 Å². The molecule has 0 bridgehead atoms. The van der Waals surface area contributed by atoms with Crippen LogP contribution in [0.1, 0.15) is 32.8 Å². The number of nitrogens with one attached hydrogen (secondary N) is 2. The lowest BCUT2D eigenvalue weighted by molar-refractivity contribution is -0.137. The summed E-state index contributed by atoms with van der Waals surface area (Å²) < 4.78 is 0. The van der Waals surface area contributed by atoms with Crippen LogP contribution in [0.25, 0.3) is 0 Å². The molecular weight excluding hydrogens is 304 g/mol. The summed E-state index contributed by atoms with van der Waals surface area (Å²) >= 11 is 5.84. The molecule has 0 fully saturated rings. The monoisotopic (exact) mass is 326 g/mol. The number of hydrogen-bond acceptors (Lipinski definition) is 3. The third-order valence-corrected chi connectivity index (χ3v) is 4.16. The predicted molar refractivity (Wildman–Crippen MR) is 87.9 cm³/mol. The lowest BCUT2D eigenvalue weighted by Crippen LogP contribution is -2.47. The fourth-order valence-corrected chi connectivity index (χ4v) is 2.13. The van der Waals surface area contributed by atoms with Gasteiger partial charge in [0, 0.05) is 17.3 Å². The summed E-state index contributed by atoms with van der Waals surface area (Å²) in [6, 6.07) is 4.97. The Kier molecular flexibility index (Phi) is 6.38. The molecule has 0 aliphatic carbocycles. The molecule has 1 rings (SSSR count). The zero-order valence-electron chi connectivity index (χ0n) is 13.4. The molecule has 0 saturated carbocycles. The van der Waals surface area contributed by atoms with Crippen molar-refractivity contribution in [1.82, 2.24) is 5.32 Å². The third-order valence-electron chi connectivity index (χ3n) is 3.92. The van der Waals surface area contributed by atoms with Crippen molar-refractivity contribution in [3.63, 3.8) is 0 Å². The number of halogens is 1. The van der Waals surface area contributed by atoms with Crippen molar-refractivity contribution in [1.29, 1.82) is 0 Å². The molecule has 2 atom stereocenters. The Balaban J connectivity index is 2.61. The maximum Gasteiger partial charge on any atom is 0.313 e. The van der Waals surface area contributed by atoms with Crippen molar-refractivity contribution in [2.75, 3.05) is 11.9 Å². The second kappa shape index (κ2) is 7.61. The minimum absolute atomic E-state index is 0.00868. The number of aliphatic hydroxyl groups is 1.